The summed E-state index contributed by atoms with van der Waals surface area (Å²) in [5, 5.41) is 0.670. The fraction of sp³-hybridized carbons (Fsp3) is 0.650. The number of unbranched alkanes of at least 4 members (excludes halogenated alkanes) is 8. The van der Waals surface area contributed by atoms with Crippen LogP contribution in [0.2, 0.25) is 5.02 Å². The maximum absolute atomic E-state index is 12.4. The average molecular weight is 338 g/mol. The van der Waals surface area contributed by atoms with E-state index in [-0.39, 0.29) is 5.91 Å². The summed E-state index contributed by atoms with van der Waals surface area (Å²) in [6.07, 6.45) is 11.8. The van der Waals surface area contributed by atoms with E-state index in [0.717, 1.165) is 25.1 Å². The molecular weight excluding hydrogens is 306 g/mol. The Hall–Kier alpha value is -1.02. The maximum Gasteiger partial charge on any atom is 0.253 e. The highest BCUT2D eigenvalue weighted by Gasteiger charge is 2.13. The van der Waals surface area contributed by atoms with E-state index in [1.165, 1.54) is 51.4 Å². The zero-order chi connectivity index (χ0) is 16.9. The summed E-state index contributed by atoms with van der Waals surface area (Å²) in [6, 6.07) is 7.18. The van der Waals surface area contributed by atoms with Crippen LogP contribution < -0.4 is 0 Å². The quantitative estimate of drug-likeness (QED) is 0.408. The number of hydrogen-bond donors (Lipinski definition) is 0. The van der Waals surface area contributed by atoms with Gasteiger partial charge in [0.05, 0.1) is 0 Å². The standard InChI is InChI=1S/C20H32ClNO/c1-3-5-6-7-8-9-10-11-12-17-22(4-2)20(23)18-13-15-19(21)16-14-18/h13-16H,3-12,17H2,1-2H3. The molecule has 0 saturated carbocycles. The van der Waals surface area contributed by atoms with Crippen LogP contribution in [-0.4, -0.2) is 23.9 Å². The Morgan fingerprint density at radius 3 is 1.91 bits per heavy atom. The van der Waals surface area contributed by atoms with Crippen LogP contribution in [0.25, 0.3) is 0 Å². The SMILES string of the molecule is CCCCCCCCCCCN(CC)C(=O)c1ccc(Cl)cc1. The first-order chi connectivity index (χ1) is 11.2. The van der Waals surface area contributed by atoms with Crippen LogP contribution >= 0.6 is 11.6 Å². The fourth-order valence-corrected chi connectivity index (χ4v) is 2.92. The number of halogens is 1. The van der Waals surface area contributed by atoms with Crippen LogP contribution in [-0.2, 0) is 0 Å². The Kier molecular flexibility index (Phi) is 10.8. The third kappa shape index (κ3) is 8.41. The summed E-state index contributed by atoms with van der Waals surface area (Å²) in [4.78, 5) is 14.4. The summed E-state index contributed by atoms with van der Waals surface area (Å²) < 4.78 is 0. The van der Waals surface area contributed by atoms with E-state index in [0.29, 0.717) is 5.02 Å². The van der Waals surface area contributed by atoms with Gasteiger partial charge in [0, 0.05) is 23.7 Å². The molecule has 0 unspecified atom stereocenters. The number of nitrogens with zero attached hydrogens (tertiary/aromatic N) is 1. The largest absolute Gasteiger partial charge is 0.339 e. The van der Waals surface area contributed by atoms with Crippen LogP contribution in [0.5, 0.6) is 0 Å². The summed E-state index contributed by atoms with van der Waals surface area (Å²) in [6.45, 7) is 5.92. The van der Waals surface area contributed by atoms with Gasteiger partial charge in [-0.3, -0.25) is 4.79 Å². The van der Waals surface area contributed by atoms with Gasteiger partial charge in [-0.05, 0) is 37.6 Å². The van der Waals surface area contributed by atoms with Crippen LogP contribution in [0.1, 0.15) is 82.0 Å². The summed E-state index contributed by atoms with van der Waals surface area (Å²) in [7, 11) is 0. The summed E-state index contributed by atoms with van der Waals surface area (Å²) in [5.74, 6) is 0.115. The second-order valence-electron chi connectivity index (χ2n) is 6.22. The van der Waals surface area contributed by atoms with Crippen molar-refractivity contribution >= 4 is 17.5 Å². The zero-order valence-corrected chi connectivity index (χ0v) is 15.6. The van der Waals surface area contributed by atoms with E-state index in [1.54, 1.807) is 12.1 Å². The molecule has 0 aliphatic heterocycles. The molecule has 2 nitrogen and oxygen atoms in total. The highest BCUT2D eigenvalue weighted by atomic mass is 35.5. The molecule has 0 fully saturated rings. The molecule has 1 aromatic carbocycles. The van der Waals surface area contributed by atoms with Gasteiger partial charge in [0.2, 0.25) is 0 Å². The molecule has 0 heterocycles. The van der Waals surface area contributed by atoms with E-state index in [1.807, 2.05) is 24.0 Å². The number of carbonyl (C=O) groups excluding carboxylic acids is 1. The highest BCUT2D eigenvalue weighted by molar-refractivity contribution is 6.30. The van der Waals surface area contributed by atoms with Gasteiger partial charge in [-0.2, -0.15) is 0 Å². The van der Waals surface area contributed by atoms with Gasteiger partial charge in [-0.25, -0.2) is 0 Å². The first-order valence-electron chi connectivity index (χ1n) is 9.23. The minimum absolute atomic E-state index is 0.115. The van der Waals surface area contributed by atoms with Crippen molar-refractivity contribution in [3.8, 4) is 0 Å². The maximum atomic E-state index is 12.4. The molecule has 0 bridgehead atoms. The predicted molar refractivity (Wildman–Crippen MR) is 100 cm³/mol. The Labute approximate surface area is 147 Å². The molecule has 1 amide bonds. The van der Waals surface area contributed by atoms with E-state index in [4.69, 9.17) is 11.6 Å². The van der Waals surface area contributed by atoms with Crippen molar-refractivity contribution < 1.29 is 4.79 Å². The van der Waals surface area contributed by atoms with Crippen LogP contribution in [0.4, 0.5) is 0 Å². The lowest BCUT2D eigenvalue weighted by molar-refractivity contribution is 0.0761. The first-order valence-corrected chi connectivity index (χ1v) is 9.61. The molecule has 23 heavy (non-hydrogen) atoms. The van der Waals surface area contributed by atoms with Gasteiger partial charge < -0.3 is 4.90 Å². The second-order valence-corrected chi connectivity index (χ2v) is 6.66. The van der Waals surface area contributed by atoms with Crippen LogP contribution in [0, 0.1) is 0 Å². The third-order valence-electron chi connectivity index (χ3n) is 4.29. The predicted octanol–water partition coefficient (Wildman–Crippen LogP) is 6.33. The van der Waals surface area contributed by atoms with Crippen LogP contribution in [0.3, 0.4) is 0 Å². The molecule has 0 radical (unpaired) electrons. The number of rotatable bonds is 12. The van der Waals surface area contributed by atoms with Crippen molar-refractivity contribution in [3.63, 3.8) is 0 Å². The van der Waals surface area contributed by atoms with Crippen LogP contribution in [0.15, 0.2) is 24.3 Å². The van der Waals surface area contributed by atoms with Gasteiger partial charge in [-0.1, -0.05) is 69.9 Å². The van der Waals surface area contributed by atoms with Crippen molar-refractivity contribution in [1.29, 1.82) is 0 Å². The number of amides is 1. The normalized spacial score (nSPS) is 10.7. The smallest absolute Gasteiger partial charge is 0.253 e. The molecule has 0 aliphatic carbocycles. The van der Waals surface area contributed by atoms with Crippen molar-refractivity contribution in [2.45, 2.75) is 71.6 Å². The molecule has 0 saturated heterocycles. The Morgan fingerprint density at radius 2 is 1.39 bits per heavy atom. The lowest BCUT2D eigenvalue weighted by Crippen LogP contribution is -2.31. The lowest BCUT2D eigenvalue weighted by atomic mass is 10.1. The van der Waals surface area contributed by atoms with E-state index in [9.17, 15) is 4.79 Å². The molecule has 0 aliphatic rings. The minimum Gasteiger partial charge on any atom is -0.339 e. The number of benzene rings is 1. The molecule has 0 N–H and O–H groups in total. The number of hydrogen-bond acceptors (Lipinski definition) is 1. The van der Waals surface area contributed by atoms with Gasteiger partial charge in [0.25, 0.3) is 5.91 Å². The topological polar surface area (TPSA) is 20.3 Å². The van der Waals surface area contributed by atoms with Gasteiger partial charge in [0.15, 0.2) is 0 Å². The lowest BCUT2D eigenvalue weighted by Gasteiger charge is -2.21. The first kappa shape index (κ1) is 20.0. The molecule has 130 valence electrons. The summed E-state index contributed by atoms with van der Waals surface area (Å²) >= 11 is 5.88. The zero-order valence-electron chi connectivity index (χ0n) is 14.8. The number of carbonyl (C=O) groups is 1. The molecular formula is C20H32ClNO. The third-order valence-corrected chi connectivity index (χ3v) is 4.54. The Morgan fingerprint density at radius 1 is 0.870 bits per heavy atom. The monoisotopic (exact) mass is 337 g/mol. The fourth-order valence-electron chi connectivity index (χ4n) is 2.79. The van der Waals surface area contributed by atoms with Crippen molar-refractivity contribution in [2.24, 2.45) is 0 Å². The highest BCUT2D eigenvalue weighted by Crippen LogP contribution is 2.13. The molecule has 0 spiro atoms. The molecule has 3 heteroatoms. The van der Waals surface area contributed by atoms with Gasteiger partial charge in [0.1, 0.15) is 0 Å². The Bertz CT molecular complexity index is 430. The van der Waals surface area contributed by atoms with E-state index < -0.39 is 0 Å². The summed E-state index contributed by atoms with van der Waals surface area (Å²) in [5.41, 5.74) is 0.729. The minimum atomic E-state index is 0.115. The second kappa shape index (κ2) is 12.4. The molecule has 0 aromatic heterocycles. The average Bonchev–Trinajstić information content (AvgIpc) is 2.57. The molecule has 1 rings (SSSR count). The molecule has 0 atom stereocenters. The van der Waals surface area contributed by atoms with Crippen molar-refractivity contribution in [1.82, 2.24) is 4.90 Å². The van der Waals surface area contributed by atoms with Crippen molar-refractivity contribution in [3.05, 3.63) is 34.9 Å². The van der Waals surface area contributed by atoms with E-state index in [2.05, 4.69) is 6.92 Å². The van der Waals surface area contributed by atoms with E-state index >= 15 is 0 Å². The molecule has 1 aromatic rings. The van der Waals surface area contributed by atoms with Gasteiger partial charge in [-0.15, -0.1) is 0 Å². The van der Waals surface area contributed by atoms with Gasteiger partial charge >= 0.3 is 0 Å². The Balaban J connectivity index is 2.18. The van der Waals surface area contributed by atoms with Crippen molar-refractivity contribution in [2.75, 3.05) is 13.1 Å².